The number of piperazine rings is 1. The molecule has 3 heteroatoms. The lowest BCUT2D eigenvalue weighted by atomic mass is 9.94. The van der Waals surface area contributed by atoms with Gasteiger partial charge in [-0.05, 0) is 31.7 Å². The summed E-state index contributed by atoms with van der Waals surface area (Å²) in [4.78, 5) is 5.40. The Labute approximate surface area is 108 Å². The Morgan fingerprint density at radius 3 is 2.75 bits per heavy atom. The van der Waals surface area contributed by atoms with E-state index in [0.29, 0.717) is 5.41 Å². The molecule has 2 fully saturated rings. The molecule has 0 aliphatic carbocycles. The fourth-order valence-corrected chi connectivity index (χ4v) is 3.24. The molecule has 2 aliphatic rings. The van der Waals surface area contributed by atoms with Gasteiger partial charge in [0.25, 0.3) is 0 Å². The molecule has 2 aliphatic heterocycles. The third kappa shape index (κ3) is 2.80. The Bertz CT molecular complexity index is 242. The molecular formula is C13H25BrN2. The van der Waals surface area contributed by atoms with Crippen LogP contribution in [0.4, 0.5) is 0 Å². The van der Waals surface area contributed by atoms with Crippen LogP contribution in [0, 0.1) is 5.41 Å². The van der Waals surface area contributed by atoms with Crippen molar-refractivity contribution in [2.45, 2.75) is 45.7 Å². The van der Waals surface area contributed by atoms with E-state index in [1.807, 2.05) is 0 Å². The summed E-state index contributed by atoms with van der Waals surface area (Å²) in [5, 5.41) is 1.09. The largest absolute Gasteiger partial charge is 0.298 e. The molecule has 0 saturated carbocycles. The van der Waals surface area contributed by atoms with Gasteiger partial charge >= 0.3 is 0 Å². The fourth-order valence-electron chi connectivity index (χ4n) is 3.06. The molecule has 0 bridgehead atoms. The van der Waals surface area contributed by atoms with Crippen molar-refractivity contribution in [3.63, 3.8) is 0 Å². The summed E-state index contributed by atoms with van der Waals surface area (Å²) in [5.74, 6) is 0. The zero-order chi connectivity index (χ0) is 11.8. The number of hydrogen-bond donors (Lipinski definition) is 0. The smallest absolute Gasteiger partial charge is 0.0224 e. The monoisotopic (exact) mass is 288 g/mol. The summed E-state index contributed by atoms with van der Waals surface area (Å²) >= 11 is 3.64. The van der Waals surface area contributed by atoms with Crippen LogP contribution in [-0.2, 0) is 0 Å². The molecule has 0 aromatic rings. The lowest BCUT2D eigenvalue weighted by Crippen LogP contribution is -2.56. The summed E-state index contributed by atoms with van der Waals surface area (Å²) in [6, 6.07) is 1.58. The fraction of sp³-hybridized carbons (Fsp3) is 1.00. The third-order valence-electron chi connectivity index (χ3n) is 4.06. The van der Waals surface area contributed by atoms with Crippen molar-refractivity contribution in [1.29, 1.82) is 0 Å². The highest BCUT2D eigenvalue weighted by atomic mass is 79.9. The van der Waals surface area contributed by atoms with Crippen LogP contribution >= 0.6 is 15.9 Å². The highest BCUT2D eigenvalue weighted by molar-refractivity contribution is 9.09. The minimum atomic E-state index is 0.398. The van der Waals surface area contributed by atoms with Crippen LogP contribution in [0.2, 0.25) is 0 Å². The molecule has 0 aromatic heterocycles. The summed E-state index contributed by atoms with van der Waals surface area (Å²) in [7, 11) is 0. The minimum absolute atomic E-state index is 0.398. The summed E-state index contributed by atoms with van der Waals surface area (Å²) in [6.45, 7) is 12.2. The first-order chi connectivity index (χ1) is 7.52. The lowest BCUT2D eigenvalue weighted by molar-refractivity contribution is 0.0383. The van der Waals surface area contributed by atoms with Crippen molar-refractivity contribution in [2.75, 3.05) is 31.5 Å². The van der Waals surface area contributed by atoms with Gasteiger partial charge in [-0.25, -0.2) is 0 Å². The molecule has 0 spiro atoms. The van der Waals surface area contributed by atoms with Gasteiger partial charge in [-0.1, -0.05) is 29.8 Å². The van der Waals surface area contributed by atoms with Crippen LogP contribution in [-0.4, -0.2) is 53.4 Å². The van der Waals surface area contributed by atoms with Gasteiger partial charge in [0.05, 0.1) is 0 Å². The standard InChI is InChI=1S/C13H25BrN2/c1-11-7-15-6-4-5-12(15)8-16(11)10-13(2,3)9-14/h11-12H,4-10H2,1-3H3. The second kappa shape index (κ2) is 4.95. The van der Waals surface area contributed by atoms with Gasteiger partial charge in [-0.2, -0.15) is 0 Å². The van der Waals surface area contributed by atoms with Crippen LogP contribution in [0.3, 0.4) is 0 Å². The van der Waals surface area contributed by atoms with E-state index in [1.165, 1.54) is 39.0 Å². The molecule has 2 atom stereocenters. The first kappa shape index (κ1) is 12.8. The van der Waals surface area contributed by atoms with Crippen LogP contribution in [0.15, 0.2) is 0 Å². The van der Waals surface area contributed by atoms with E-state index in [9.17, 15) is 0 Å². The average molecular weight is 289 g/mol. The SMILES string of the molecule is CC1CN2CCCC2CN1CC(C)(C)CBr. The second-order valence-corrected chi connectivity index (χ2v) is 6.93. The molecule has 0 N–H and O–H groups in total. The maximum Gasteiger partial charge on any atom is 0.0224 e. The zero-order valence-electron chi connectivity index (χ0n) is 10.9. The number of rotatable bonds is 3. The summed E-state index contributed by atoms with van der Waals surface area (Å²) in [5.41, 5.74) is 0.398. The molecule has 2 heterocycles. The van der Waals surface area contributed by atoms with E-state index in [2.05, 4.69) is 46.5 Å². The molecule has 94 valence electrons. The first-order valence-electron chi connectivity index (χ1n) is 6.56. The van der Waals surface area contributed by atoms with Crippen molar-refractivity contribution in [3.05, 3.63) is 0 Å². The van der Waals surface area contributed by atoms with E-state index >= 15 is 0 Å². The second-order valence-electron chi connectivity index (χ2n) is 6.37. The van der Waals surface area contributed by atoms with Crippen molar-refractivity contribution < 1.29 is 0 Å². The number of hydrogen-bond acceptors (Lipinski definition) is 2. The normalized spacial score (nSPS) is 33.0. The Balaban J connectivity index is 1.94. The van der Waals surface area contributed by atoms with E-state index in [1.54, 1.807) is 0 Å². The van der Waals surface area contributed by atoms with Crippen molar-refractivity contribution in [3.8, 4) is 0 Å². The zero-order valence-corrected chi connectivity index (χ0v) is 12.5. The molecule has 2 nitrogen and oxygen atoms in total. The topological polar surface area (TPSA) is 6.48 Å². The molecule has 0 radical (unpaired) electrons. The van der Waals surface area contributed by atoms with E-state index < -0.39 is 0 Å². The molecule has 2 rings (SSSR count). The Morgan fingerprint density at radius 2 is 2.06 bits per heavy atom. The summed E-state index contributed by atoms with van der Waals surface area (Å²) in [6.07, 6.45) is 2.82. The van der Waals surface area contributed by atoms with Gasteiger partial charge in [0.2, 0.25) is 0 Å². The Hall–Kier alpha value is 0.400. The van der Waals surface area contributed by atoms with Crippen LogP contribution in [0.25, 0.3) is 0 Å². The highest BCUT2D eigenvalue weighted by Gasteiger charge is 2.36. The number of nitrogens with zero attached hydrogens (tertiary/aromatic N) is 2. The Kier molecular flexibility index (Phi) is 3.97. The minimum Gasteiger partial charge on any atom is -0.298 e. The van der Waals surface area contributed by atoms with Crippen LogP contribution in [0.1, 0.15) is 33.6 Å². The van der Waals surface area contributed by atoms with Gasteiger partial charge < -0.3 is 0 Å². The predicted molar refractivity (Wildman–Crippen MR) is 73.2 cm³/mol. The average Bonchev–Trinajstić information content (AvgIpc) is 2.65. The van der Waals surface area contributed by atoms with Crippen molar-refractivity contribution in [2.24, 2.45) is 5.41 Å². The molecule has 0 aromatic carbocycles. The quantitative estimate of drug-likeness (QED) is 0.737. The predicted octanol–water partition coefficient (Wildman–Crippen LogP) is 2.58. The molecule has 16 heavy (non-hydrogen) atoms. The number of alkyl halides is 1. The van der Waals surface area contributed by atoms with Gasteiger partial charge in [-0.3, -0.25) is 9.80 Å². The van der Waals surface area contributed by atoms with Gasteiger partial charge in [0, 0.05) is 37.0 Å². The molecule has 2 saturated heterocycles. The highest BCUT2D eigenvalue weighted by Crippen LogP contribution is 2.28. The van der Waals surface area contributed by atoms with E-state index in [-0.39, 0.29) is 0 Å². The van der Waals surface area contributed by atoms with Crippen molar-refractivity contribution >= 4 is 15.9 Å². The lowest BCUT2D eigenvalue weighted by Gasteiger charge is -2.45. The van der Waals surface area contributed by atoms with E-state index in [0.717, 1.165) is 17.4 Å². The van der Waals surface area contributed by atoms with Gasteiger partial charge in [0.1, 0.15) is 0 Å². The number of fused-ring (bicyclic) bond motifs is 1. The van der Waals surface area contributed by atoms with E-state index in [4.69, 9.17) is 0 Å². The maximum atomic E-state index is 3.64. The summed E-state index contributed by atoms with van der Waals surface area (Å²) < 4.78 is 0. The van der Waals surface area contributed by atoms with Crippen LogP contribution in [0.5, 0.6) is 0 Å². The molecule has 0 amide bonds. The molecular weight excluding hydrogens is 264 g/mol. The molecule has 2 unspecified atom stereocenters. The first-order valence-corrected chi connectivity index (χ1v) is 7.68. The van der Waals surface area contributed by atoms with Crippen LogP contribution < -0.4 is 0 Å². The Morgan fingerprint density at radius 1 is 1.31 bits per heavy atom. The van der Waals surface area contributed by atoms with Gasteiger partial charge in [0.15, 0.2) is 0 Å². The maximum absolute atomic E-state index is 3.64. The van der Waals surface area contributed by atoms with Crippen molar-refractivity contribution in [1.82, 2.24) is 9.80 Å². The third-order valence-corrected chi connectivity index (χ3v) is 5.58. The van der Waals surface area contributed by atoms with Gasteiger partial charge in [-0.15, -0.1) is 0 Å². The number of halogens is 1.